The second-order valence-corrected chi connectivity index (χ2v) is 17.5. The molecule has 0 fully saturated rings. The number of ether oxygens (including phenoxy) is 4. The predicted octanol–water partition coefficient (Wildman–Crippen LogP) is 8.76. The van der Waals surface area contributed by atoms with Gasteiger partial charge in [0.25, 0.3) is 20.2 Å². The highest BCUT2D eigenvalue weighted by Gasteiger charge is 2.42. The molecule has 0 amide bonds. The van der Waals surface area contributed by atoms with Gasteiger partial charge in [0.1, 0.15) is 24.4 Å². The van der Waals surface area contributed by atoms with Crippen molar-refractivity contribution in [2.45, 2.75) is 74.5 Å². The largest absolute Gasteiger partial charge is 0.374 e. The molecule has 0 aliphatic heterocycles. The Kier molecular flexibility index (Phi) is 16.3. The number of rotatable bonds is 23. The number of hydrogen-bond donors (Lipinski definition) is 0. The summed E-state index contributed by atoms with van der Waals surface area (Å²) in [5, 5.41) is 0. The molecule has 60 heavy (non-hydrogen) atoms. The molecule has 6 aromatic rings. The number of aryl methyl sites for hydroxylation is 2. The molecule has 0 bridgehead atoms. The number of hydrogen-bond acceptors (Lipinski definition) is 10. The molecule has 0 N–H and O–H groups in total. The van der Waals surface area contributed by atoms with Crippen molar-refractivity contribution >= 4 is 20.2 Å². The van der Waals surface area contributed by atoms with Crippen LogP contribution >= 0.6 is 0 Å². The second kappa shape index (κ2) is 22.0. The maximum Gasteiger partial charge on any atom is 0.297 e. The zero-order valence-corrected chi connectivity index (χ0v) is 35.2. The third-order valence-corrected chi connectivity index (χ3v) is 12.2. The van der Waals surface area contributed by atoms with Crippen LogP contribution in [0.2, 0.25) is 0 Å². The maximum atomic E-state index is 14.2. The van der Waals surface area contributed by atoms with Gasteiger partial charge in [0.2, 0.25) is 0 Å². The van der Waals surface area contributed by atoms with Gasteiger partial charge in [0, 0.05) is 0 Å². The van der Waals surface area contributed by atoms with E-state index in [4.69, 9.17) is 27.3 Å². The van der Waals surface area contributed by atoms with Crippen LogP contribution in [-0.2, 0) is 74.0 Å². The van der Waals surface area contributed by atoms with Crippen LogP contribution in [-0.4, -0.2) is 54.5 Å². The minimum atomic E-state index is -4.44. The van der Waals surface area contributed by atoms with Crippen molar-refractivity contribution in [3.8, 4) is 0 Å². The summed E-state index contributed by atoms with van der Waals surface area (Å²) in [6, 6.07) is 50.2. The lowest BCUT2D eigenvalue weighted by atomic mass is 10.0. The van der Waals surface area contributed by atoms with Crippen LogP contribution in [0, 0.1) is 13.8 Å². The van der Waals surface area contributed by atoms with E-state index < -0.39 is 51.3 Å². The minimum Gasteiger partial charge on any atom is -0.374 e. The molecule has 0 spiro atoms. The van der Waals surface area contributed by atoms with Gasteiger partial charge in [-0.25, -0.2) is 0 Å². The highest BCUT2D eigenvalue weighted by molar-refractivity contribution is 7.87. The van der Waals surface area contributed by atoms with E-state index in [1.165, 1.54) is 24.3 Å². The second-order valence-electron chi connectivity index (χ2n) is 14.3. The monoisotopic (exact) mass is 850 g/mol. The van der Waals surface area contributed by atoms with Crippen LogP contribution in [0.15, 0.2) is 180 Å². The average molecular weight is 851 g/mol. The quantitative estimate of drug-likeness (QED) is 0.0579. The molecule has 6 aromatic carbocycles. The lowest BCUT2D eigenvalue weighted by Gasteiger charge is -2.37. The topological polar surface area (TPSA) is 124 Å². The third-order valence-electron chi connectivity index (χ3n) is 9.58. The molecular weight excluding hydrogens is 801 g/mol. The van der Waals surface area contributed by atoms with Crippen molar-refractivity contribution in [1.82, 2.24) is 0 Å². The molecule has 10 nitrogen and oxygen atoms in total. The van der Waals surface area contributed by atoms with Crippen molar-refractivity contribution in [2.24, 2.45) is 0 Å². The average Bonchev–Trinajstić information content (AvgIpc) is 3.26. The van der Waals surface area contributed by atoms with E-state index in [2.05, 4.69) is 0 Å². The van der Waals surface area contributed by atoms with Crippen molar-refractivity contribution in [2.75, 3.05) is 13.2 Å². The lowest BCUT2D eigenvalue weighted by Crippen LogP contribution is -2.52. The summed E-state index contributed by atoms with van der Waals surface area (Å²) in [5.41, 5.74) is 4.99. The van der Waals surface area contributed by atoms with Gasteiger partial charge in [-0.2, -0.15) is 16.8 Å². The first-order valence-electron chi connectivity index (χ1n) is 19.6. The zero-order chi connectivity index (χ0) is 42.2. The highest BCUT2D eigenvalue weighted by Crippen LogP contribution is 2.27. The summed E-state index contributed by atoms with van der Waals surface area (Å²) < 4.78 is 94.0. The SMILES string of the molecule is Cc1ccc(S(=O)(=O)OC[C@H](OCc2ccccc2)[C@@H](OCc2ccccc2)[C@H](OCc2ccccc2)[C@@H](COCc2ccccc2)OS(=O)(=O)c2ccc(C)cc2)cc1. The first-order chi connectivity index (χ1) is 29.1. The van der Waals surface area contributed by atoms with Crippen LogP contribution < -0.4 is 0 Å². The van der Waals surface area contributed by atoms with Crippen LogP contribution in [0.3, 0.4) is 0 Å². The van der Waals surface area contributed by atoms with Crippen molar-refractivity contribution in [3.05, 3.63) is 203 Å². The van der Waals surface area contributed by atoms with Gasteiger partial charge in [0.15, 0.2) is 0 Å². The van der Waals surface area contributed by atoms with E-state index in [1.807, 2.05) is 135 Å². The molecule has 6 rings (SSSR count). The van der Waals surface area contributed by atoms with E-state index in [0.29, 0.717) is 0 Å². The van der Waals surface area contributed by atoms with Gasteiger partial charge >= 0.3 is 0 Å². The normalized spacial score (nSPS) is 14.0. The number of benzene rings is 6. The Morgan fingerprint density at radius 2 is 0.767 bits per heavy atom. The maximum absolute atomic E-state index is 14.2. The summed E-state index contributed by atoms with van der Waals surface area (Å²) in [4.78, 5) is -0.0950. The van der Waals surface area contributed by atoms with Crippen LogP contribution in [0.25, 0.3) is 0 Å². The fourth-order valence-corrected chi connectivity index (χ4v) is 8.26. The third kappa shape index (κ3) is 13.5. The van der Waals surface area contributed by atoms with Gasteiger partial charge < -0.3 is 18.9 Å². The molecule has 0 saturated carbocycles. The van der Waals surface area contributed by atoms with Crippen LogP contribution in [0.1, 0.15) is 33.4 Å². The first-order valence-corrected chi connectivity index (χ1v) is 22.4. The van der Waals surface area contributed by atoms with E-state index in [9.17, 15) is 16.8 Å². The standard InChI is InChI=1S/C48H50O10S2/c1-37-23-27-43(28-24-37)59(49,50)57-36-45(54-32-40-17-9-4-10-18-40)47(55-33-41-19-11-5-12-20-41)48(56-34-42-21-13-6-14-22-42)46(35-53-31-39-15-7-3-8-16-39)58-60(51,52)44-29-25-38(2)26-30-44/h3-30,45-48H,31-36H2,1-2H3/t45-,46+,47+,48+/m0/s1. The van der Waals surface area contributed by atoms with E-state index in [0.717, 1.165) is 33.4 Å². The highest BCUT2D eigenvalue weighted by atomic mass is 32.2. The predicted molar refractivity (Wildman–Crippen MR) is 229 cm³/mol. The summed E-state index contributed by atoms with van der Waals surface area (Å²) >= 11 is 0. The Hall–Kier alpha value is -5.02. The molecule has 12 heteroatoms. The van der Waals surface area contributed by atoms with Crippen LogP contribution in [0.5, 0.6) is 0 Å². The Morgan fingerprint density at radius 3 is 1.20 bits per heavy atom. The summed E-state index contributed by atoms with van der Waals surface area (Å²) in [7, 11) is -8.74. The van der Waals surface area contributed by atoms with E-state index >= 15 is 0 Å². The lowest BCUT2D eigenvalue weighted by molar-refractivity contribution is -0.187. The molecular formula is C48H50O10S2. The van der Waals surface area contributed by atoms with Gasteiger partial charge in [-0.3, -0.25) is 8.37 Å². The van der Waals surface area contributed by atoms with Gasteiger partial charge in [0.05, 0.1) is 49.4 Å². The van der Waals surface area contributed by atoms with Gasteiger partial charge in [-0.15, -0.1) is 0 Å². The van der Waals surface area contributed by atoms with E-state index in [1.54, 1.807) is 24.3 Å². The molecule has 0 radical (unpaired) electrons. The van der Waals surface area contributed by atoms with Gasteiger partial charge in [-0.1, -0.05) is 157 Å². The molecule has 314 valence electrons. The van der Waals surface area contributed by atoms with Crippen LogP contribution in [0.4, 0.5) is 0 Å². The first kappa shape index (κ1) is 44.5. The van der Waals surface area contributed by atoms with Gasteiger partial charge in [-0.05, 0) is 60.4 Å². The zero-order valence-electron chi connectivity index (χ0n) is 33.6. The molecule has 0 saturated heterocycles. The van der Waals surface area contributed by atoms with Crippen molar-refractivity contribution in [3.63, 3.8) is 0 Å². The van der Waals surface area contributed by atoms with E-state index in [-0.39, 0.29) is 42.8 Å². The fraction of sp³-hybridized carbons (Fsp3) is 0.250. The van der Waals surface area contributed by atoms with Crippen molar-refractivity contribution < 1.29 is 44.1 Å². The molecule has 0 aromatic heterocycles. The molecule has 0 aliphatic carbocycles. The Bertz CT molecular complexity index is 2380. The molecule has 0 heterocycles. The fourth-order valence-electron chi connectivity index (χ4n) is 6.27. The minimum absolute atomic E-state index is 0.00769. The Balaban J connectivity index is 1.43. The summed E-state index contributed by atoms with van der Waals surface area (Å²) in [5.74, 6) is 0. The summed E-state index contributed by atoms with van der Waals surface area (Å²) in [6.07, 6.45) is -4.97. The molecule has 4 atom stereocenters. The Labute approximate surface area is 353 Å². The molecule has 0 unspecified atom stereocenters. The summed E-state index contributed by atoms with van der Waals surface area (Å²) in [6.45, 7) is 3.13. The smallest absolute Gasteiger partial charge is 0.297 e. The molecule has 0 aliphatic rings. The van der Waals surface area contributed by atoms with Crippen molar-refractivity contribution in [1.29, 1.82) is 0 Å². The Morgan fingerprint density at radius 1 is 0.400 bits per heavy atom.